The summed E-state index contributed by atoms with van der Waals surface area (Å²) in [5.74, 6) is -0.239. The van der Waals surface area contributed by atoms with Gasteiger partial charge in [0.1, 0.15) is 0 Å². The molecule has 1 aromatic heterocycles. The molecule has 0 saturated carbocycles. The number of hydrogen-bond acceptors (Lipinski definition) is 5. The van der Waals surface area contributed by atoms with Gasteiger partial charge in [0, 0.05) is 5.56 Å². The third kappa shape index (κ3) is 4.25. The third-order valence-electron chi connectivity index (χ3n) is 4.73. The molecule has 2 unspecified atom stereocenters. The summed E-state index contributed by atoms with van der Waals surface area (Å²) in [5, 5.41) is 0. The molecule has 0 amide bonds. The van der Waals surface area contributed by atoms with Gasteiger partial charge in [-0.1, -0.05) is 37.3 Å². The number of rotatable bonds is 6. The summed E-state index contributed by atoms with van der Waals surface area (Å²) in [6.07, 6.45) is 7.41. The second-order valence-corrected chi connectivity index (χ2v) is 8.62. The zero-order valence-corrected chi connectivity index (χ0v) is 15.4. The summed E-state index contributed by atoms with van der Waals surface area (Å²) >= 11 is 0. The second kappa shape index (κ2) is 7.91. The first-order valence-electron chi connectivity index (χ1n) is 8.63. The van der Waals surface area contributed by atoms with E-state index in [2.05, 4.69) is 19.1 Å². The van der Waals surface area contributed by atoms with E-state index in [0.29, 0.717) is 18.1 Å². The first-order chi connectivity index (χ1) is 12.5. The van der Waals surface area contributed by atoms with E-state index < -0.39 is 15.8 Å². The highest BCUT2D eigenvalue weighted by Crippen LogP contribution is 2.26. The molecule has 6 heteroatoms. The Bertz CT molecular complexity index is 880. The minimum atomic E-state index is -3.56. The van der Waals surface area contributed by atoms with E-state index in [-0.39, 0.29) is 22.3 Å². The van der Waals surface area contributed by atoms with Gasteiger partial charge in [-0.05, 0) is 42.9 Å². The molecule has 2 aromatic rings. The molecule has 0 aliphatic heterocycles. The lowest BCUT2D eigenvalue weighted by atomic mass is 9.85. The summed E-state index contributed by atoms with van der Waals surface area (Å²) in [7, 11) is -3.56. The largest absolute Gasteiger partial charge is 0.460 e. The number of hydrogen-bond donors (Lipinski definition) is 0. The molecule has 0 N–H and O–H groups in total. The van der Waals surface area contributed by atoms with Crippen LogP contribution in [-0.4, -0.2) is 21.0 Å². The van der Waals surface area contributed by atoms with Gasteiger partial charge < -0.3 is 9.15 Å². The van der Waals surface area contributed by atoms with Gasteiger partial charge in [0.05, 0.1) is 23.5 Å². The lowest BCUT2D eigenvalue weighted by Crippen LogP contribution is -2.22. The lowest BCUT2D eigenvalue weighted by molar-refractivity contribution is 0.0359. The van der Waals surface area contributed by atoms with E-state index in [1.165, 1.54) is 24.5 Å². The van der Waals surface area contributed by atoms with Crippen molar-refractivity contribution in [2.24, 2.45) is 11.8 Å². The van der Waals surface area contributed by atoms with Crippen LogP contribution in [0.15, 0.2) is 64.1 Å². The van der Waals surface area contributed by atoms with Gasteiger partial charge in [0.15, 0.2) is 9.84 Å². The summed E-state index contributed by atoms with van der Waals surface area (Å²) in [5.41, 5.74) is 0.315. The molecule has 3 rings (SSSR count). The Morgan fingerprint density at radius 2 is 1.88 bits per heavy atom. The summed E-state index contributed by atoms with van der Waals surface area (Å²) in [6, 6.07) is 9.65. The van der Waals surface area contributed by atoms with E-state index in [4.69, 9.17) is 9.15 Å². The normalized spacial score (nSPS) is 20.0. The molecule has 1 aromatic carbocycles. The van der Waals surface area contributed by atoms with Crippen LogP contribution in [0.25, 0.3) is 0 Å². The van der Waals surface area contributed by atoms with Crippen molar-refractivity contribution in [3.05, 3.63) is 66.1 Å². The van der Waals surface area contributed by atoms with Gasteiger partial charge in [-0.2, -0.15) is 0 Å². The Morgan fingerprint density at radius 1 is 1.15 bits per heavy atom. The highest BCUT2D eigenvalue weighted by Gasteiger charge is 2.25. The number of furan rings is 1. The number of sulfone groups is 1. The Labute approximate surface area is 153 Å². The average molecular weight is 374 g/mol. The van der Waals surface area contributed by atoms with Crippen LogP contribution in [-0.2, 0) is 20.3 Å². The molecule has 1 aliphatic rings. The van der Waals surface area contributed by atoms with E-state index in [1.54, 1.807) is 18.2 Å². The quantitative estimate of drug-likeness (QED) is 0.564. The Balaban J connectivity index is 1.68. The van der Waals surface area contributed by atoms with Crippen LogP contribution in [0.3, 0.4) is 0 Å². The van der Waals surface area contributed by atoms with Crippen LogP contribution < -0.4 is 0 Å². The fourth-order valence-electron chi connectivity index (χ4n) is 3.03. The minimum Gasteiger partial charge on any atom is -0.460 e. The SMILES string of the molecule is CC1CC=CCC1COC(=O)c1occc1CS(=O)(=O)c1ccccc1. The van der Waals surface area contributed by atoms with Crippen LogP contribution in [0, 0.1) is 11.8 Å². The maximum absolute atomic E-state index is 12.5. The van der Waals surface area contributed by atoms with Crippen LogP contribution in [0.2, 0.25) is 0 Å². The molecule has 0 fully saturated rings. The van der Waals surface area contributed by atoms with E-state index >= 15 is 0 Å². The average Bonchev–Trinajstić information content (AvgIpc) is 3.09. The highest BCUT2D eigenvalue weighted by atomic mass is 32.2. The summed E-state index contributed by atoms with van der Waals surface area (Å²) < 4.78 is 35.7. The molecule has 0 spiro atoms. The van der Waals surface area contributed by atoms with Gasteiger partial charge >= 0.3 is 5.97 Å². The fraction of sp³-hybridized carbons (Fsp3) is 0.350. The van der Waals surface area contributed by atoms with Crippen molar-refractivity contribution >= 4 is 15.8 Å². The molecule has 2 atom stereocenters. The molecule has 0 radical (unpaired) electrons. The van der Waals surface area contributed by atoms with Crippen LogP contribution in [0.4, 0.5) is 0 Å². The van der Waals surface area contributed by atoms with E-state index in [9.17, 15) is 13.2 Å². The number of carbonyl (C=O) groups is 1. The molecule has 138 valence electrons. The molecule has 0 saturated heterocycles. The monoisotopic (exact) mass is 374 g/mol. The first kappa shape index (κ1) is 18.5. The predicted octanol–water partition coefficient (Wildman–Crippen LogP) is 4.01. The number of ether oxygens (including phenoxy) is 1. The highest BCUT2D eigenvalue weighted by molar-refractivity contribution is 7.90. The number of carbonyl (C=O) groups excluding carboxylic acids is 1. The number of esters is 1. The topological polar surface area (TPSA) is 73.6 Å². The third-order valence-corrected chi connectivity index (χ3v) is 6.41. The van der Waals surface area contributed by atoms with E-state index in [1.807, 2.05) is 0 Å². The van der Waals surface area contributed by atoms with Crippen molar-refractivity contribution in [2.75, 3.05) is 6.61 Å². The maximum atomic E-state index is 12.5. The number of allylic oxidation sites excluding steroid dienone is 2. The summed E-state index contributed by atoms with van der Waals surface area (Å²) in [6.45, 7) is 2.43. The fourth-order valence-corrected chi connectivity index (χ4v) is 4.41. The van der Waals surface area contributed by atoms with Crippen LogP contribution in [0.5, 0.6) is 0 Å². The molecule has 5 nitrogen and oxygen atoms in total. The Kier molecular flexibility index (Phi) is 5.61. The Hall–Kier alpha value is -2.34. The molecular formula is C20H22O5S. The minimum absolute atomic E-state index is 0.0384. The van der Waals surface area contributed by atoms with Crippen LogP contribution >= 0.6 is 0 Å². The van der Waals surface area contributed by atoms with Gasteiger partial charge in [0.2, 0.25) is 5.76 Å². The molecule has 26 heavy (non-hydrogen) atoms. The molecular weight excluding hydrogens is 352 g/mol. The second-order valence-electron chi connectivity index (χ2n) is 6.63. The first-order valence-corrected chi connectivity index (χ1v) is 10.3. The zero-order chi connectivity index (χ0) is 18.6. The predicted molar refractivity (Wildman–Crippen MR) is 97.4 cm³/mol. The van der Waals surface area contributed by atoms with Gasteiger partial charge in [-0.3, -0.25) is 0 Å². The van der Waals surface area contributed by atoms with Crippen molar-refractivity contribution in [3.63, 3.8) is 0 Å². The lowest BCUT2D eigenvalue weighted by Gasteiger charge is -2.24. The van der Waals surface area contributed by atoms with Crippen molar-refractivity contribution < 1.29 is 22.4 Å². The van der Waals surface area contributed by atoms with Gasteiger partial charge in [-0.15, -0.1) is 0 Å². The zero-order valence-electron chi connectivity index (χ0n) is 14.6. The standard InChI is InChI=1S/C20H22O5S/c1-15-7-5-6-8-16(15)13-25-20(21)19-17(11-12-24-19)14-26(22,23)18-9-3-2-4-10-18/h2-6,9-12,15-16H,7-8,13-14H2,1H3. The molecule has 1 aliphatic carbocycles. The van der Waals surface area contributed by atoms with Crippen molar-refractivity contribution in [2.45, 2.75) is 30.4 Å². The van der Waals surface area contributed by atoms with Gasteiger partial charge in [0.25, 0.3) is 0 Å². The molecule has 0 bridgehead atoms. The van der Waals surface area contributed by atoms with Crippen molar-refractivity contribution in [1.82, 2.24) is 0 Å². The van der Waals surface area contributed by atoms with Crippen molar-refractivity contribution in [3.8, 4) is 0 Å². The Morgan fingerprint density at radius 3 is 2.62 bits per heavy atom. The molecule has 1 heterocycles. The number of benzene rings is 1. The summed E-state index contributed by atoms with van der Waals surface area (Å²) in [4.78, 5) is 12.6. The van der Waals surface area contributed by atoms with Crippen molar-refractivity contribution in [1.29, 1.82) is 0 Å². The van der Waals surface area contributed by atoms with Gasteiger partial charge in [-0.25, -0.2) is 13.2 Å². The van der Waals surface area contributed by atoms with E-state index in [0.717, 1.165) is 12.8 Å². The van der Waals surface area contributed by atoms with Crippen LogP contribution in [0.1, 0.15) is 35.9 Å². The maximum Gasteiger partial charge on any atom is 0.374 e. The smallest absolute Gasteiger partial charge is 0.374 e.